The summed E-state index contributed by atoms with van der Waals surface area (Å²) in [5.74, 6) is -0.296. The number of rotatable bonds is 8. The first kappa shape index (κ1) is 20.4. The molecule has 1 amide bonds. The predicted octanol–water partition coefficient (Wildman–Crippen LogP) is 3.34. The third-order valence-corrected chi connectivity index (χ3v) is 6.35. The number of nitrogens with zero attached hydrogens (tertiary/aromatic N) is 1. The highest BCUT2D eigenvalue weighted by atomic mass is 35.5. The number of amides is 1. The van der Waals surface area contributed by atoms with Gasteiger partial charge in [0.05, 0.1) is 4.90 Å². The second kappa shape index (κ2) is 9.16. The van der Waals surface area contributed by atoms with E-state index in [2.05, 4.69) is 5.32 Å². The van der Waals surface area contributed by atoms with Crippen LogP contribution in [0.3, 0.4) is 0 Å². The molecule has 26 heavy (non-hydrogen) atoms. The van der Waals surface area contributed by atoms with E-state index in [0.29, 0.717) is 36.6 Å². The highest BCUT2D eigenvalue weighted by Crippen LogP contribution is 2.17. The van der Waals surface area contributed by atoms with Crippen LogP contribution >= 0.6 is 11.6 Å². The van der Waals surface area contributed by atoms with Crippen LogP contribution in [0, 0.1) is 0 Å². The summed E-state index contributed by atoms with van der Waals surface area (Å²) >= 11 is 5.85. The van der Waals surface area contributed by atoms with E-state index in [1.165, 1.54) is 16.4 Å². The average molecular weight is 395 g/mol. The molecule has 0 aliphatic heterocycles. The van der Waals surface area contributed by atoms with Gasteiger partial charge in [0.1, 0.15) is 0 Å². The maximum absolute atomic E-state index is 12.6. The highest BCUT2D eigenvalue weighted by Gasteiger charge is 2.22. The van der Waals surface area contributed by atoms with Crippen molar-refractivity contribution in [1.82, 2.24) is 9.62 Å². The summed E-state index contributed by atoms with van der Waals surface area (Å²) in [5.41, 5.74) is 1.39. The van der Waals surface area contributed by atoms with Crippen LogP contribution in [-0.2, 0) is 16.4 Å². The van der Waals surface area contributed by atoms with Gasteiger partial charge in [0, 0.05) is 30.2 Å². The van der Waals surface area contributed by atoms with Gasteiger partial charge in [0.2, 0.25) is 10.0 Å². The van der Waals surface area contributed by atoms with E-state index in [-0.39, 0.29) is 10.8 Å². The molecule has 5 nitrogen and oxygen atoms in total. The Morgan fingerprint density at radius 1 is 1.08 bits per heavy atom. The van der Waals surface area contributed by atoms with Gasteiger partial charge in [-0.25, -0.2) is 8.42 Å². The van der Waals surface area contributed by atoms with E-state index in [9.17, 15) is 13.2 Å². The number of halogens is 1. The van der Waals surface area contributed by atoms with Crippen LogP contribution in [0.15, 0.2) is 53.4 Å². The molecule has 0 bridgehead atoms. The zero-order valence-electron chi connectivity index (χ0n) is 14.9. The number of carbonyl (C=O) groups excluding carboxylic acids is 1. The van der Waals surface area contributed by atoms with Crippen molar-refractivity contribution in [3.8, 4) is 0 Å². The Labute approximate surface area is 160 Å². The molecule has 140 valence electrons. The maximum atomic E-state index is 12.6. The lowest BCUT2D eigenvalue weighted by molar-refractivity contribution is 0.0954. The van der Waals surface area contributed by atoms with Gasteiger partial charge in [-0.05, 0) is 42.3 Å². The normalized spacial score (nSPS) is 11.5. The van der Waals surface area contributed by atoms with Crippen LogP contribution in [0.4, 0.5) is 0 Å². The Balaban J connectivity index is 2.04. The first-order chi connectivity index (χ1) is 12.4. The second-order valence-electron chi connectivity index (χ2n) is 5.75. The molecule has 1 N–H and O–H groups in total. The maximum Gasteiger partial charge on any atom is 0.251 e. The molecule has 2 aromatic carbocycles. The van der Waals surface area contributed by atoms with Gasteiger partial charge in [-0.1, -0.05) is 43.6 Å². The van der Waals surface area contributed by atoms with E-state index < -0.39 is 10.0 Å². The molecule has 0 radical (unpaired) electrons. The largest absolute Gasteiger partial charge is 0.352 e. The van der Waals surface area contributed by atoms with Crippen LogP contribution < -0.4 is 5.32 Å². The van der Waals surface area contributed by atoms with Gasteiger partial charge in [0.25, 0.3) is 5.91 Å². The Bertz CT molecular complexity index is 847. The number of hydrogen-bond acceptors (Lipinski definition) is 3. The highest BCUT2D eigenvalue weighted by molar-refractivity contribution is 7.89. The molecule has 0 heterocycles. The minimum Gasteiger partial charge on any atom is -0.352 e. The molecule has 0 unspecified atom stereocenters. The summed E-state index contributed by atoms with van der Waals surface area (Å²) in [6.45, 7) is 4.79. The van der Waals surface area contributed by atoms with Gasteiger partial charge in [-0.15, -0.1) is 0 Å². The van der Waals surface area contributed by atoms with Gasteiger partial charge in [-0.3, -0.25) is 4.79 Å². The fraction of sp³-hybridized carbons (Fsp3) is 0.316. The van der Waals surface area contributed by atoms with E-state index >= 15 is 0 Å². The Hall–Kier alpha value is -1.89. The van der Waals surface area contributed by atoms with Crippen molar-refractivity contribution in [1.29, 1.82) is 0 Å². The molecule has 0 aliphatic rings. The molecular formula is C19H23ClN2O3S. The van der Waals surface area contributed by atoms with Crippen LogP contribution in [0.1, 0.15) is 29.8 Å². The Morgan fingerprint density at radius 3 is 2.35 bits per heavy atom. The van der Waals surface area contributed by atoms with E-state index in [0.717, 1.165) is 5.56 Å². The van der Waals surface area contributed by atoms with Crippen molar-refractivity contribution in [2.75, 3.05) is 19.6 Å². The third kappa shape index (κ3) is 5.06. The zero-order chi connectivity index (χ0) is 19.2. The van der Waals surface area contributed by atoms with Crippen LogP contribution in [0.5, 0.6) is 0 Å². The Morgan fingerprint density at radius 2 is 1.73 bits per heavy atom. The average Bonchev–Trinajstić information content (AvgIpc) is 2.64. The molecule has 0 fully saturated rings. The van der Waals surface area contributed by atoms with Crippen LogP contribution in [0.25, 0.3) is 0 Å². The molecule has 0 aliphatic carbocycles. The Kier molecular flexibility index (Phi) is 7.20. The van der Waals surface area contributed by atoms with Gasteiger partial charge in [-0.2, -0.15) is 4.31 Å². The minimum atomic E-state index is -3.58. The number of nitrogens with one attached hydrogen (secondary N) is 1. The quantitative estimate of drug-likeness (QED) is 0.746. The lowest BCUT2D eigenvalue weighted by Crippen LogP contribution is -2.31. The van der Waals surface area contributed by atoms with Crippen molar-refractivity contribution in [2.24, 2.45) is 0 Å². The molecule has 7 heteroatoms. The molecule has 0 spiro atoms. The molecule has 2 aromatic rings. The molecule has 0 saturated carbocycles. The lowest BCUT2D eigenvalue weighted by Gasteiger charge is -2.18. The standard InChI is InChI=1S/C19H23ClN2O3S/c1-3-22(4-2)26(24,25)18-7-5-6-16(14-18)19(23)21-13-12-15-8-10-17(20)11-9-15/h5-11,14H,3-4,12-13H2,1-2H3,(H,21,23). The van der Waals surface area contributed by atoms with E-state index in [4.69, 9.17) is 11.6 Å². The topological polar surface area (TPSA) is 66.5 Å². The van der Waals surface area contributed by atoms with Crippen LogP contribution in [0.2, 0.25) is 5.02 Å². The fourth-order valence-corrected chi connectivity index (χ4v) is 4.21. The summed E-state index contributed by atoms with van der Waals surface area (Å²) < 4.78 is 26.5. The number of sulfonamides is 1. The zero-order valence-corrected chi connectivity index (χ0v) is 16.5. The van der Waals surface area contributed by atoms with Crippen molar-refractivity contribution in [3.63, 3.8) is 0 Å². The summed E-state index contributed by atoms with van der Waals surface area (Å²) in [5, 5.41) is 3.49. The van der Waals surface area contributed by atoms with Crippen LogP contribution in [-0.4, -0.2) is 38.3 Å². The second-order valence-corrected chi connectivity index (χ2v) is 8.12. The van der Waals surface area contributed by atoms with Crippen molar-refractivity contribution >= 4 is 27.5 Å². The summed E-state index contributed by atoms with van der Waals surface area (Å²) in [7, 11) is -3.58. The first-order valence-electron chi connectivity index (χ1n) is 8.51. The fourth-order valence-electron chi connectivity index (χ4n) is 2.58. The number of carbonyl (C=O) groups is 1. The summed E-state index contributed by atoms with van der Waals surface area (Å²) in [6, 6.07) is 13.6. The van der Waals surface area contributed by atoms with Gasteiger partial charge < -0.3 is 5.32 Å². The summed E-state index contributed by atoms with van der Waals surface area (Å²) in [4.78, 5) is 12.5. The van der Waals surface area contributed by atoms with Crippen molar-refractivity contribution in [3.05, 3.63) is 64.7 Å². The van der Waals surface area contributed by atoms with Gasteiger partial charge in [0.15, 0.2) is 0 Å². The first-order valence-corrected chi connectivity index (χ1v) is 10.3. The molecule has 2 rings (SSSR count). The van der Waals surface area contributed by atoms with Crippen molar-refractivity contribution in [2.45, 2.75) is 25.2 Å². The smallest absolute Gasteiger partial charge is 0.251 e. The van der Waals surface area contributed by atoms with E-state index in [1.54, 1.807) is 38.1 Å². The minimum absolute atomic E-state index is 0.131. The number of hydrogen-bond donors (Lipinski definition) is 1. The molecule has 0 atom stereocenters. The monoisotopic (exact) mass is 394 g/mol. The summed E-state index contributed by atoms with van der Waals surface area (Å²) in [6.07, 6.45) is 0.667. The molecule has 0 aromatic heterocycles. The SMILES string of the molecule is CCN(CC)S(=O)(=O)c1cccc(C(=O)NCCc2ccc(Cl)cc2)c1. The van der Waals surface area contributed by atoms with Gasteiger partial charge >= 0.3 is 0 Å². The molecular weight excluding hydrogens is 372 g/mol. The molecule has 0 saturated heterocycles. The predicted molar refractivity (Wildman–Crippen MR) is 104 cm³/mol. The van der Waals surface area contributed by atoms with Crippen molar-refractivity contribution < 1.29 is 13.2 Å². The lowest BCUT2D eigenvalue weighted by atomic mass is 10.1. The van der Waals surface area contributed by atoms with E-state index in [1.807, 2.05) is 12.1 Å². The number of benzene rings is 2. The third-order valence-electron chi connectivity index (χ3n) is 4.05.